The van der Waals surface area contributed by atoms with Gasteiger partial charge in [-0.15, -0.1) is 36.2 Å². The number of halogens is 2. The van der Waals surface area contributed by atoms with Gasteiger partial charge in [-0.05, 0) is 32.6 Å². The maximum Gasteiger partial charge on any atom is 0.263 e. The highest BCUT2D eigenvalue weighted by Gasteiger charge is 2.28. The fourth-order valence-corrected chi connectivity index (χ4v) is 2.56. The number of carbonyl (C=O) groups is 1. The second-order valence-corrected chi connectivity index (χ2v) is 5.56. The highest BCUT2D eigenvalue weighted by atomic mass is 35.5. The fourth-order valence-electron chi connectivity index (χ4n) is 1.72. The van der Waals surface area contributed by atoms with Crippen LogP contribution in [0.3, 0.4) is 0 Å². The number of thiazole rings is 1. The number of hydrogen-bond donors (Lipinski definition) is 2. The molecule has 0 spiro atoms. The monoisotopic (exact) mass is 311 g/mol. The minimum absolute atomic E-state index is 0. The number of hydrogen-bond acceptors (Lipinski definition) is 4. The molecule has 1 aromatic rings. The van der Waals surface area contributed by atoms with Gasteiger partial charge < -0.3 is 11.1 Å². The van der Waals surface area contributed by atoms with E-state index in [9.17, 15) is 4.79 Å². The van der Waals surface area contributed by atoms with Crippen LogP contribution < -0.4 is 11.1 Å². The summed E-state index contributed by atoms with van der Waals surface area (Å²) >= 11 is 1.43. The molecule has 0 saturated heterocycles. The first-order valence-corrected chi connectivity index (χ1v) is 6.37. The van der Waals surface area contributed by atoms with Crippen LogP contribution in [0.25, 0.3) is 0 Å². The fraction of sp³-hybridized carbons (Fsp3) is 0.636. The second kappa shape index (κ2) is 7.28. The number of nitrogens with zero attached hydrogens (tertiary/aromatic N) is 1. The van der Waals surface area contributed by atoms with Gasteiger partial charge in [0.2, 0.25) is 0 Å². The van der Waals surface area contributed by atoms with Gasteiger partial charge in [0.05, 0.1) is 10.7 Å². The maximum absolute atomic E-state index is 11.8. The van der Waals surface area contributed by atoms with Crippen LogP contribution in [-0.2, 0) is 0 Å². The number of rotatable bonds is 4. The predicted molar refractivity (Wildman–Crippen MR) is 79.1 cm³/mol. The SMILES string of the molecule is Cc1nc(C)c(C(=O)NCC(N)C2CC2)s1.Cl.Cl. The number of nitrogens with one attached hydrogen (secondary N) is 1. The Hall–Kier alpha value is -0.360. The van der Waals surface area contributed by atoms with Crippen LogP contribution in [0, 0.1) is 19.8 Å². The molecule has 1 atom stereocenters. The van der Waals surface area contributed by atoms with Gasteiger partial charge in [0.1, 0.15) is 4.88 Å². The third kappa shape index (κ3) is 4.39. The number of carbonyl (C=O) groups excluding carboxylic acids is 1. The molecule has 7 heteroatoms. The summed E-state index contributed by atoms with van der Waals surface area (Å²) in [6, 6.07) is 0.110. The van der Waals surface area contributed by atoms with E-state index in [1.807, 2.05) is 13.8 Å². The molecular formula is C11H19Cl2N3OS. The molecule has 0 radical (unpaired) electrons. The summed E-state index contributed by atoms with van der Waals surface area (Å²) in [5, 5.41) is 3.81. The van der Waals surface area contributed by atoms with E-state index in [-0.39, 0.29) is 36.8 Å². The van der Waals surface area contributed by atoms with Crippen LogP contribution in [0.15, 0.2) is 0 Å². The number of aryl methyl sites for hydroxylation is 2. The zero-order valence-electron chi connectivity index (χ0n) is 10.4. The summed E-state index contributed by atoms with van der Waals surface area (Å²) in [5.41, 5.74) is 6.73. The van der Waals surface area contributed by atoms with E-state index >= 15 is 0 Å². The summed E-state index contributed by atoms with van der Waals surface area (Å²) in [7, 11) is 0. The lowest BCUT2D eigenvalue weighted by atomic mass is 10.2. The number of aromatic nitrogens is 1. The zero-order valence-corrected chi connectivity index (χ0v) is 12.9. The van der Waals surface area contributed by atoms with E-state index in [1.54, 1.807) is 0 Å². The average molecular weight is 312 g/mol. The molecule has 1 amide bonds. The summed E-state index contributed by atoms with van der Waals surface area (Å²) in [6.07, 6.45) is 2.41. The molecule has 1 aliphatic rings. The van der Waals surface area contributed by atoms with Gasteiger partial charge in [0.25, 0.3) is 5.91 Å². The zero-order chi connectivity index (χ0) is 11.7. The molecule has 1 aromatic heterocycles. The minimum atomic E-state index is -0.0424. The van der Waals surface area contributed by atoms with Crippen LogP contribution >= 0.6 is 36.2 Å². The second-order valence-electron chi connectivity index (χ2n) is 4.36. The third-order valence-electron chi connectivity index (χ3n) is 2.84. The quantitative estimate of drug-likeness (QED) is 0.894. The summed E-state index contributed by atoms with van der Waals surface area (Å²) in [5.74, 6) is 0.573. The topological polar surface area (TPSA) is 68.0 Å². The van der Waals surface area contributed by atoms with Gasteiger partial charge in [0.15, 0.2) is 0 Å². The lowest BCUT2D eigenvalue weighted by Crippen LogP contribution is -2.38. The van der Waals surface area contributed by atoms with Crippen LogP contribution in [0.1, 0.15) is 33.2 Å². The van der Waals surface area contributed by atoms with E-state index in [1.165, 1.54) is 24.2 Å². The lowest BCUT2D eigenvalue weighted by molar-refractivity contribution is 0.0953. The summed E-state index contributed by atoms with van der Waals surface area (Å²) in [4.78, 5) is 16.8. The summed E-state index contributed by atoms with van der Waals surface area (Å²) < 4.78 is 0. The van der Waals surface area contributed by atoms with Crippen molar-refractivity contribution in [2.24, 2.45) is 11.7 Å². The standard InChI is InChI=1S/C11H17N3OS.2ClH/c1-6-10(16-7(2)14-6)11(15)13-5-9(12)8-3-4-8;;/h8-9H,3-5,12H2,1-2H3,(H,13,15);2*1H. The van der Waals surface area contributed by atoms with E-state index in [0.29, 0.717) is 17.3 Å². The molecule has 4 nitrogen and oxygen atoms in total. The Labute approximate surface area is 124 Å². The van der Waals surface area contributed by atoms with Crippen LogP contribution in [0.5, 0.6) is 0 Å². The van der Waals surface area contributed by atoms with Gasteiger partial charge in [0, 0.05) is 12.6 Å². The van der Waals surface area contributed by atoms with Crippen molar-refractivity contribution in [1.82, 2.24) is 10.3 Å². The van der Waals surface area contributed by atoms with Gasteiger partial charge >= 0.3 is 0 Å². The van der Waals surface area contributed by atoms with Crippen LogP contribution in [0.4, 0.5) is 0 Å². The molecule has 0 aliphatic heterocycles. The van der Waals surface area contributed by atoms with Crippen LogP contribution in [-0.4, -0.2) is 23.5 Å². The highest BCUT2D eigenvalue weighted by molar-refractivity contribution is 7.13. The molecule has 2 rings (SSSR count). The van der Waals surface area contributed by atoms with Gasteiger partial charge in [-0.3, -0.25) is 4.79 Å². The molecule has 1 fully saturated rings. The van der Waals surface area contributed by atoms with Crippen molar-refractivity contribution in [1.29, 1.82) is 0 Å². The van der Waals surface area contributed by atoms with Crippen molar-refractivity contribution < 1.29 is 4.79 Å². The Morgan fingerprint density at radius 3 is 2.56 bits per heavy atom. The van der Waals surface area contributed by atoms with E-state index in [0.717, 1.165) is 10.7 Å². The summed E-state index contributed by atoms with van der Waals surface area (Å²) in [6.45, 7) is 4.34. The Morgan fingerprint density at radius 2 is 2.11 bits per heavy atom. The van der Waals surface area contributed by atoms with Crippen molar-refractivity contribution in [3.05, 3.63) is 15.6 Å². The number of amides is 1. The Balaban J connectivity index is 0.00000144. The first-order chi connectivity index (χ1) is 7.58. The molecule has 18 heavy (non-hydrogen) atoms. The molecule has 3 N–H and O–H groups in total. The smallest absolute Gasteiger partial charge is 0.263 e. The largest absolute Gasteiger partial charge is 0.350 e. The third-order valence-corrected chi connectivity index (χ3v) is 3.91. The molecule has 104 valence electrons. The maximum atomic E-state index is 11.8. The van der Waals surface area contributed by atoms with Crippen molar-refractivity contribution >= 4 is 42.1 Å². The van der Waals surface area contributed by atoms with Crippen molar-refractivity contribution in [3.8, 4) is 0 Å². The van der Waals surface area contributed by atoms with Crippen molar-refractivity contribution in [3.63, 3.8) is 0 Å². The lowest BCUT2D eigenvalue weighted by Gasteiger charge is -2.10. The first-order valence-electron chi connectivity index (χ1n) is 5.55. The van der Waals surface area contributed by atoms with Gasteiger partial charge in [-0.25, -0.2) is 4.98 Å². The molecule has 0 aromatic carbocycles. The normalized spacial score (nSPS) is 15.3. The van der Waals surface area contributed by atoms with E-state index in [2.05, 4.69) is 10.3 Å². The molecule has 1 unspecified atom stereocenters. The molecule has 1 saturated carbocycles. The van der Waals surface area contributed by atoms with E-state index in [4.69, 9.17) is 5.73 Å². The highest BCUT2D eigenvalue weighted by Crippen LogP contribution is 2.31. The van der Waals surface area contributed by atoms with Crippen molar-refractivity contribution in [2.45, 2.75) is 32.7 Å². The van der Waals surface area contributed by atoms with Gasteiger partial charge in [-0.2, -0.15) is 0 Å². The van der Waals surface area contributed by atoms with Gasteiger partial charge in [-0.1, -0.05) is 0 Å². The minimum Gasteiger partial charge on any atom is -0.350 e. The molecule has 1 heterocycles. The first kappa shape index (κ1) is 17.6. The molecule has 0 bridgehead atoms. The van der Waals surface area contributed by atoms with E-state index < -0.39 is 0 Å². The molecule has 1 aliphatic carbocycles. The molecular weight excluding hydrogens is 293 g/mol. The Kier molecular flexibility index (Phi) is 7.14. The number of nitrogens with two attached hydrogens (primary N) is 1. The predicted octanol–water partition coefficient (Wildman–Crippen LogP) is 2.07. The Morgan fingerprint density at radius 1 is 1.50 bits per heavy atom. The Bertz CT molecular complexity index is 407. The average Bonchev–Trinajstić information content (AvgIpc) is 3.01. The van der Waals surface area contributed by atoms with Crippen LogP contribution in [0.2, 0.25) is 0 Å². The van der Waals surface area contributed by atoms with Crippen molar-refractivity contribution in [2.75, 3.05) is 6.54 Å².